The van der Waals surface area contributed by atoms with Crippen LogP contribution >= 0.6 is 0 Å². The lowest BCUT2D eigenvalue weighted by molar-refractivity contribution is 0.0414. The zero-order valence-electron chi connectivity index (χ0n) is 15.6. The van der Waals surface area contributed by atoms with Crippen LogP contribution < -0.4 is 5.56 Å². The van der Waals surface area contributed by atoms with E-state index in [9.17, 15) is 14.0 Å². The first kappa shape index (κ1) is 18.6. The predicted octanol–water partition coefficient (Wildman–Crippen LogP) is 1.97. The highest BCUT2D eigenvalue weighted by molar-refractivity contribution is 5.75. The highest BCUT2D eigenvalue weighted by atomic mass is 19.1. The molecule has 1 aromatic heterocycles. The molecule has 2 aliphatic heterocycles. The third-order valence-corrected chi connectivity index (χ3v) is 5.29. The van der Waals surface area contributed by atoms with Crippen LogP contribution in [0.4, 0.5) is 9.18 Å². The van der Waals surface area contributed by atoms with E-state index >= 15 is 0 Å². The summed E-state index contributed by atoms with van der Waals surface area (Å²) >= 11 is 0. The van der Waals surface area contributed by atoms with Crippen molar-refractivity contribution in [2.75, 3.05) is 32.8 Å². The molecular formula is C20H23FN4O3. The fraction of sp³-hybridized carbons (Fsp3) is 0.450. The van der Waals surface area contributed by atoms with Gasteiger partial charge in [0.2, 0.25) is 0 Å². The molecule has 0 saturated carbocycles. The topological polar surface area (TPSA) is 67.7 Å². The number of benzene rings is 1. The van der Waals surface area contributed by atoms with Crippen molar-refractivity contribution in [3.63, 3.8) is 0 Å². The first-order valence-corrected chi connectivity index (χ1v) is 9.59. The Labute approximate surface area is 162 Å². The minimum absolute atomic E-state index is 0.00791. The number of carbonyl (C=O) groups excluding carboxylic acids is 1. The molecule has 2 aliphatic rings. The SMILES string of the molecule is O=C(N1CCOCC1)N1CCC[C@H]1Cn1nc(-c2ccc(F)cc2)ccc1=O. The molecule has 2 saturated heterocycles. The Balaban J connectivity index is 1.52. The molecule has 2 aromatic rings. The van der Waals surface area contributed by atoms with Crippen molar-refractivity contribution >= 4 is 6.03 Å². The lowest BCUT2D eigenvalue weighted by Crippen LogP contribution is -2.50. The number of aromatic nitrogens is 2. The molecule has 0 spiro atoms. The molecule has 0 aliphatic carbocycles. The zero-order valence-corrected chi connectivity index (χ0v) is 15.6. The molecule has 4 rings (SSSR count). The normalized spacial score (nSPS) is 19.8. The average molecular weight is 386 g/mol. The van der Waals surface area contributed by atoms with Gasteiger partial charge in [-0.2, -0.15) is 5.10 Å². The Kier molecular flexibility index (Phi) is 5.38. The van der Waals surface area contributed by atoms with Gasteiger partial charge in [-0.1, -0.05) is 0 Å². The molecule has 8 heteroatoms. The fourth-order valence-corrected chi connectivity index (χ4v) is 3.77. The van der Waals surface area contributed by atoms with Crippen molar-refractivity contribution < 1.29 is 13.9 Å². The van der Waals surface area contributed by atoms with Crippen molar-refractivity contribution in [2.24, 2.45) is 0 Å². The van der Waals surface area contributed by atoms with E-state index in [0.29, 0.717) is 45.1 Å². The smallest absolute Gasteiger partial charge is 0.320 e. The maximum atomic E-state index is 13.2. The highest BCUT2D eigenvalue weighted by Crippen LogP contribution is 2.21. The van der Waals surface area contributed by atoms with Gasteiger partial charge in [0.25, 0.3) is 5.56 Å². The minimum atomic E-state index is -0.319. The summed E-state index contributed by atoms with van der Waals surface area (Å²) in [4.78, 5) is 28.9. The maximum absolute atomic E-state index is 13.2. The summed E-state index contributed by atoms with van der Waals surface area (Å²) in [6.07, 6.45) is 1.75. The molecule has 7 nitrogen and oxygen atoms in total. The van der Waals surface area contributed by atoms with Crippen molar-refractivity contribution in [1.29, 1.82) is 0 Å². The van der Waals surface area contributed by atoms with Crippen LogP contribution in [0.15, 0.2) is 41.2 Å². The fourth-order valence-electron chi connectivity index (χ4n) is 3.77. The second kappa shape index (κ2) is 8.10. The Bertz CT molecular complexity index is 893. The van der Waals surface area contributed by atoms with Gasteiger partial charge in [0.15, 0.2) is 0 Å². The lowest BCUT2D eigenvalue weighted by Gasteiger charge is -2.33. The number of nitrogens with zero attached hydrogens (tertiary/aromatic N) is 4. The molecule has 148 valence electrons. The summed E-state index contributed by atoms with van der Waals surface area (Å²) in [6, 6.07) is 9.05. The Morgan fingerprint density at radius 1 is 1.11 bits per heavy atom. The third kappa shape index (κ3) is 3.91. The Hall–Kier alpha value is -2.74. The van der Waals surface area contributed by atoms with Crippen molar-refractivity contribution in [3.8, 4) is 11.3 Å². The number of hydrogen-bond donors (Lipinski definition) is 0. The van der Waals surface area contributed by atoms with E-state index in [4.69, 9.17) is 4.74 Å². The third-order valence-electron chi connectivity index (χ3n) is 5.29. The van der Waals surface area contributed by atoms with Crippen molar-refractivity contribution in [3.05, 3.63) is 52.6 Å². The molecule has 1 aromatic carbocycles. The van der Waals surface area contributed by atoms with Crippen LogP contribution in [0, 0.1) is 5.82 Å². The van der Waals surface area contributed by atoms with Gasteiger partial charge in [-0.3, -0.25) is 4.79 Å². The quantitative estimate of drug-likeness (QED) is 0.809. The summed E-state index contributed by atoms with van der Waals surface area (Å²) in [5, 5.41) is 4.45. The molecule has 2 amide bonds. The van der Waals surface area contributed by atoms with E-state index in [-0.39, 0.29) is 23.4 Å². The number of hydrogen-bond acceptors (Lipinski definition) is 4. The van der Waals surface area contributed by atoms with Crippen LogP contribution in [0.5, 0.6) is 0 Å². The van der Waals surface area contributed by atoms with Gasteiger partial charge in [0.1, 0.15) is 5.82 Å². The number of urea groups is 1. The molecule has 1 atom stereocenters. The Morgan fingerprint density at radius 2 is 1.86 bits per heavy atom. The molecule has 0 N–H and O–H groups in total. The number of carbonyl (C=O) groups is 1. The number of amides is 2. The van der Waals surface area contributed by atoms with E-state index in [1.807, 2.05) is 9.80 Å². The van der Waals surface area contributed by atoms with Crippen LogP contribution in [-0.4, -0.2) is 64.5 Å². The maximum Gasteiger partial charge on any atom is 0.320 e. The van der Waals surface area contributed by atoms with Gasteiger partial charge in [-0.15, -0.1) is 0 Å². The largest absolute Gasteiger partial charge is 0.378 e. The van der Waals surface area contributed by atoms with E-state index in [2.05, 4.69) is 5.10 Å². The predicted molar refractivity (Wildman–Crippen MR) is 101 cm³/mol. The van der Waals surface area contributed by atoms with Crippen molar-refractivity contribution in [1.82, 2.24) is 19.6 Å². The summed E-state index contributed by atoms with van der Waals surface area (Å²) in [7, 11) is 0. The minimum Gasteiger partial charge on any atom is -0.378 e. The zero-order chi connectivity index (χ0) is 19.5. The first-order valence-electron chi connectivity index (χ1n) is 9.59. The van der Waals surface area contributed by atoms with Crippen molar-refractivity contribution in [2.45, 2.75) is 25.4 Å². The van der Waals surface area contributed by atoms with Crippen LogP contribution in [0.25, 0.3) is 11.3 Å². The molecule has 28 heavy (non-hydrogen) atoms. The monoisotopic (exact) mass is 386 g/mol. The van der Waals surface area contributed by atoms with Crippen LogP contribution in [0.2, 0.25) is 0 Å². The van der Waals surface area contributed by atoms with Crippen LogP contribution in [-0.2, 0) is 11.3 Å². The molecule has 2 fully saturated rings. The number of likely N-dealkylation sites (tertiary alicyclic amines) is 1. The van der Waals surface area contributed by atoms with E-state index in [0.717, 1.165) is 18.4 Å². The second-order valence-electron chi connectivity index (χ2n) is 7.12. The summed E-state index contributed by atoms with van der Waals surface area (Å²) < 4.78 is 19.9. The van der Waals surface area contributed by atoms with Crippen LogP contribution in [0.3, 0.4) is 0 Å². The highest BCUT2D eigenvalue weighted by Gasteiger charge is 2.33. The first-order chi connectivity index (χ1) is 13.6. The molecule has 0 radical (unpaired) electrons. The van der Waals surface area contributed by atoms with E-state index < -0.39 is 0 Å². The van der Waals surface area contributed by atoms with Gasteiger partial charge >= 0.3 is 6.03 Å². The second-order valence-corrected chi connectivity index (χ2v) is 7.12. The summed E-state index contributed by atoms with van der Waals surface area (Å²) in [5.41, 5.74) is 1.13. The number of morpholine rings is 1. The molecule has 0 bridgehead atoms. The lowest BCUT2D eigenvalue weighted by atomic mass is 10.1. The van der Waals surface area contributed by atoms with Gasteiger partial charge in [-0.05, 0) is 43.2 Å². The summed E-state index contributed by atoms with van der Waals surface area (Å²) in [5.74, 6) is -0.319. The van der Waals surface area contributed by atoms with E-state index in [1.165, 1.54) is 22.9 Å². The van der Waals surface area contributed by atoms with Gasteiger partial charge in [0.05, 0.1) is 31.5 Å². The standard InChI is InChI=1S/C20H23FN4O3/c21-16-5-3-15(4-6-16)18-7-8-19(26)25(22-18)14-17-2-1-9-24(17)20(27)23-10-12-28-13-11-23/h3-8,17H,1-2,9-14H2/t17-/m0/s1. The number of ether oxygens (including phenoxy) is 1. The van der Waals surface area contributed by atoms with Crippen LogP contribution in [0.1, 0.15) is 12.8 Å². The van der Waals surface area contributed by atoms with Gasteiger partial charge in [-0.25, -0.2) is 13.9 Å². The number of rotatable bonds is 3. The molecule has 3 heterocycles. The Morgan fingerprint density at radius 3 is 2.61 bits per heavy atom. The van der Waals surface area contributed by atoms with Gasteiger partial charge < -0.3 is 14.5 Å². The average Bonchev–Trinajstić information content (AvgIpc) is 3.18. The number of halogens is 1. The molecule has 0 unspecified atom stereocenters. The van der Waals surface area contributed by atoms with E-state index in [1.54, 1.807) is 18.2 Å². The summed E-state index contributed by atoms with van der Waals surface area (Å²) in [6.45, 7) is 3.35. The molecular weight excluding hydrogens is 363 g/mol. The van der Waals surface area contributed by atoms with Gasteiger partial charge in [0, 0.05) is 31.3 Å².